The maximum absolute atomic E-state index is 12.6. The number of benzene rings is 1. The maximum atomic E-state index is 12.6. The molecule has 1 amide bonds. The standard InChI is InChI=1S/C23H23ClN4O10/c1-12-22(17-11-35-23(16(17)10-25-12)13-2-4-14(24)5-3-13)36-21(30)7-6-20(29)26-15-8-18(37-27(31)32)19(9-15)38-28(33)34/h2-5,10,15,18-19,23H,6-9,11H2,1H3,(H,26,29)/t15?,18-,19+,23-/m0/s1. The van der Waals surface area contributed by atoms with E-state index in [1.807, 2.05) is 12.1 Å². The smallest absolute Gasteiger partial charge is 0.311 e. The molecule has 38 heavy (non-hydrogen) atoms. The van der Waals surface area contributed by atoms with E-state index >= 15 is 0 Å². The predicted octanol–water partition coefficient (Wildman–Crippen LogP) is 2.78. The quantitative estimate of drug-likeness (QED) is 0.261. The van der Waals surface area contributed by atoms with Gasteiger partial charge in [-0.3, -0.25) is 14.6 Å². The molecular formula is C23H23ClN4O10. The number of pyridine rings is 1. The molecule has 1 aliphatic heterocycles. The Bertz CT molecular complexity index is 1220. The topological polar surface area (TPSA) is 182 Å². The molecule has 2 heterocycles. The molecular weight excluding hydrogens is 528 g/mol. The van der Waals surface area contributed by atoms with Crippen LogP contribution in [0.3, 0.4) is 0 Å². The van der Waals surface area contributed by atoms with Crippen LogP contribution in [0.25, 0.3) is 0 Å². The number of carbonyl (C=O) groups is 2. The molecule has 1 aromatic carbocycles. The largest absolute Gasteiger partial charge is 0.424 e. The zero-order valence-corrected chi connectivity index (χ0v) is 20.8. The van der Waals surface area contributed by atoms with Gasteiger partial charge in [-0.25, -0.2) is 0 Å². The second-order valence-corrected chi connectivity index (χ2v) is 9.23. The highest BCUT2D eigenvalue weighted by molar-refractivity contribution is 6.30. The third-order valence-electron chi connectivity index (χ3n) is 6.23. The van der Waals surface area contributed by atoms with Crippen molar-refractivity contribution in [2.24, 2.45) is 0 Å². The first-order chi connectivity index (χ1) is 18.1. The Morgan fingerprint density at radius 1 is 1.11 bits per heavy atom. The average molecular weight is 551 g/mol. The fourth-order valence-corrected chi connectivity index (χ4v) is 4.66. The second kappa shape index (κ2) is 11.6. The molecule has 2 aliphatic rings. The van der Waals surface area contributed by atoms with Gasteiger partial charge in [0, 0.05) is 34.8 Å². The molecule has 1 saturated carbocycles. The van der Waals surface area contributed by atoms with Crippen LogP contribution in [0.5, 0.6) is 5.75 Å². The number of aryl methyl sites for hydroxylation is 1. The van der Waals surface area contributed by atoms with Gasteiger partial charge in [0.05, 0.1) is 18.7 Å². The summed E-state index contributed by atoms with van der Waals surface area (Å²) in [4.78, 5) is 59.4. The van der Waals surface area contributed by atoms with Crippen molar-refractivity contribution in [2.75, 3.05) is 0 Å². The SMILES string of the molecule is Cc1ncc2c(c1OC(=O)CCC(=O)NC1C[C@H](O[N+](=O)[O-])[C@H](O[N+](=O)[O-])C1)CO[C@H]2c1ccc(Cl)cc1. The summed E-state index contributed by atoms with van der Waals surface area (Å²) in [7, 11) is 0. The average Bonchev–Trinajstić information content (AvgIpc) is 3.43. The van der Waals surface area contributed by atoms with Crippen LogP contribution in [-0.2, 0) is 30.6 Å². The van der Waals surface area contributed by atoms with Gasteiger partial charge in [0.2, 0.25) is 5.91 Å². The van der Waals surface area contributed by atoms with Crippen molar-refractivity contribution in [1.82, 2.24) is 10.3 Å². The lowest BCUT2D eigenvalue weighted by Gasteiger charge is -2.14. The van der Waals surface area contributed by atoms with Crippen LogP contribution in [0.15, 0.2) is 30.5 Å². The maximum Gasteiger partial charge on any atom is 0.311 e. The number of esters is 1. The van der Waals surface area contributed by atoms with Crippen LogP contribution >= 0.6 is 11.6 Å². The molecule has 14 nitrogen and oxygen atoms in total. The van der Waals surface area contributed by atoms with Crippen molar-refractivity contribution < 1.29 is 38.9 Å². The van der Waals surface area contributed by atoms with Crippen molar-refractivity contribution in [1.29, 1.82) is 0 Å². The van der Waals surface area contributed by atoms with E-state index in [1.54, 1.807) is 25.3 Å². The number of nitrogens with zero attached hydrogens (tertiary/aromatic N) is 3. The first-order valence-corrected chi connectivity index (χ1v) is 12.0. The number of fused-ring (bicyclic) bond motifs is 1. The molecule has 0 spiro atoms. The van der Waals surface area contributed by atoms with E-state index in [2.05, 4.69) is 20.0 Å². The van der Waals surface area contributed by atoms with Gasteiger partial charge in [-0.1, -0.05) is 23.7 Å². The molecule has 0 radical (unpaired) electrons. The van der Waals surface area contributed by atoms with Crippen LogP contribution in [0.4, 0.5) is 0 Å². The molecule has 1 fully saturated rings. The molecule has 2 aromatic rings. The van der Waals surface area contributed by atoms with Gasteiger partial charge >= 0.3 is 5.97 Å². The number of halogens is 1. The Kier molecular flexibility index (Phi) is 8.22. The van der Waals surface area contributed by atoms with Crippen LogP contribution < -0.4 is 10.1 Å². The van der Waals surface area contributed by atoms with Crippen molar-refractivity contribution >= 4 is 23.5 Å². The van der Waals surface area contributed by atoms with Crippen LogP contribution in [-0.4, -0.2) is 45.3 Å². The fraction of sp³-hybridized carbons (Fsp3) is 0.435. The number of carbonyl (C=O) groups excluding carboxylic acids is 2. The van der Waals surface area contributed by atoms with E-state index in [0.717, 1.165) is 11.1 Å². The molecule has 202 valence electrons. The highest BCUT2D eigenvalue weighted by atomic mass is 35.5. The van der Waals surface area contributed by atoms with Gasteiger partial charge in [0.1, 0.15) is 18.3 Å². The van der Waals surface area contributed by atoms with E-state index in [4.69, 9.17) is 21.1 Å². The minimum absolute atomic E-state index is 0.0640. The van der Waals surface area contributed by atoms with Gasteiger partial charge < -0.3 is 24.5 Å². The van der Waals surface area contributed by atoms with Crippen molar-refractivity contribution in [3.05, 3.63) is 78.1 Å². The summed E-state index contributed by atoms with van der Waals surface area (Å²) in [5.74, 6) is -0.920. The van der Waals surface area contributed by atoms with E-state index < -0.39 is 46.4 Å². The number of hydrogen-bond donors (Lipinski definition) is 1. The molecule has 15 heteroatoms. The Balaban J connectivity index is 1.33. The lowest BCUT2D eigenvalue weighted by molar-refractivity contribution is -0.797. The summed E-state index contributed by atoms with van der Waals surface area (Å²) in [5.41, 5.74) is 2.81. The van der Waals surface area contributed by atoms with E-state index in [1.165, 1.54) is 0 Å². The zero-order chi connectivity index (χ0) is 27.4. The highest BCUT2D eigenvalue weighted by Crippen LogP contribution is 2.41. The van der Waals surface area contributed by atoms with Crippen molar-refractivity contribution in [2.45, 2.75) is 63.6 Å². The molecule has 1 aliphatic carbocycles. The summed E-state index contributed by atoms with van der Waals surface area (Å²) in [6.07, 6.45) is -1.75. The van der Waals surface area contributed by atoms with Gasteiger partial charge in [0.15, 0.2) is 5.75 Å². The van der Waals surface area contributed by atoms with E-state index in [9.17, 15) is 29.8 Å². The molecule has 1 aromatic heterocycles. The Labute approximate surface area is 220 Å². The van der Waals surface area contributed by atoms with Crippen LogP contribution in [0.1, 0.15) is 54.2 Å². The number of ether oxygens (including phenoxy) is 2. The first kappa shape index (κ1) is 27.0. The van der Waals surface area contributed by atoms with Crippen LogP contribution in [0.2, 0.25) is 5.02 Å². The van der Waals surface area contributed by atoms with Crippen molar-refractivity contribution in [3.63, 3.8) is 0 Å². The van der Waals surface area contributed by atoms with Gasteiger partial charge in [-0.05, 0) is 37.5 Å². The number of aromatic nitrogens is 1. The lowest BCUT2D eigenvalue weighted by Crippen LogP contribution is -2.34. The monoisotopic (exact) mass is 550 g/mol. The van der Waals surface area contributed by atoms with Gasteiger partial charge in [0.25, 0.3) is 10.2 Å². The zero-order valence-electron chi connectivity index (χ0n) is 20.0. The Morgan fingerprint density at radius 3 is 2.34 bits per heavy atom. The predicted molar refractivity (Wildman–Crippen MR) is 127 cm³/mol. The fourth-order valence-electron chi connectivity index (χ4n) is 4.53. The van der Waals surface area contributed by atoms with Gasteiger partial charge in [-0.15, -0.1) is 20.2 Å². The molecule has 4 rings (SSSR count). The molecule has 4 atom stereocenters. The molecule has 1 unspecified atom stereocenters. The summed E-state index contributed by atoms with van der Waals surface area (Å²) in [6.45, 7) is 1.90. The Hall–Kier alpha value is -4.04. The third kappa shape index (κ3) is 6.44. The number of nitrogens with one attached hydrogen (secondary N) is 1. The lowest BCUT2D eigenvalue weighted by atomic mass is 10.0. The summed E-state index contributed by atoms with van der Waals surface area (Å²) in [6, 6.07) is 6.52. The third-order valence-corrected chi connectivity index (χ3v) is 6.48. The highest BCUT2D eigenvalue weighted by Gasteiger charge is 2.40. The molecule has 0 bridgehead atoms. The summed E-state index contributed by atoms with van der Waals surface area (Å²) < 4.78 is 11.5. The molecule has 0 saturated heterocycles. The normalized spacial score (nSPS) is 21.8. The number of amides is 1. The minimum atomic E-state index is -1.21. The number of rotatable bonds is 10. The second-order valence-electron chi connectivity index (χ2n) is 8.79. The summed E-state index contributed by atoms with van der Waals surface area (Å²) >= 11 is 5.97. The van der Waals surface area contributed by atoms with Gasteiger partial charge in [-0.2, -0.15) is 0 Å². The summed E-state index contributed by atoms with van der Waals surface area (Å²) in [5, 5.41) is 22.3. The van der Waals surface area contributed by atoms with E-state index in [-0.39, 0.29) is 38.0 Å². The molecule has 1 N–H and O–H groups in total. The number of hydrogen-bond acceptors (Lipinski definition) is 11. The first-order valence-electron chi connectivity index (χ1n) is 11.6. The Morgan fingerprint density at radius 2 is 1.74 bits per heavy atom. The van der Waals surface area contributed by atoms with E-state index in [0.29, 0.717) is 16.3 Å². The van der Waals surface area contributed by atoms with Crippen LogP contribution in [0, 0.1) is 27.2 Å². The minimum Gasteiger partial charge on any atom is -0.424 e. The van der Waals surface area contributed by atoms with Crippen molar-refractivity contribution in [3.8, 4) is 5.75 Å².